The number of carbonyl (C=O) groups excluding carboxylic acids is 1. The third-order valence-electron chi connectivity index (χ3n) is 13.8. The van der Waals surface area contributed by atoms with Gasteiger partial charge in [-0.25, -0.2) is 9.97 Å². The molecule has 2 aromatic rings. The van der Waals surface area contributed by atoms with E-state index in [1.165, 1.54) is 6.39 Å². The lowest BCUT2D eigenvalue weighted by atomic mass is 10.0. The van der Waals surface area contributed by atoms with Gasteiger partial charge in [-0.15, -0.1) is 0 Å². The summed E-state index contributed by atoms with van der Waals surface area (Å²) in [6, 6.07) is 0. The molecule has 0 saturated heterocycles. The van der Waals surface area contributed by atoms with E-state index in [-0.39, 0.29) is 38.1 Å². The summed E-state index contributed by atoms with van der Waals surface area (Å²) in [6.07, 6.45) is 7.82. The molecule has 0 bridgehead atoms. The molecular weight excluding hydrogens is 809 g/mol. The van der Waals surface area contributed by atoms with Crippen molar-refractivity contribution in [1.82, 2.24) is 9.97 Å². The Morgan fingerprint density at radius 2 is 1.17 bits per heavy atom. The van der Waals surface area contributed by atoms with Gasteiger partial charge in [0, 0.05) is 12.8 Å². The monoisotopic (exact) mass is 897 g/mol. The molecule has 0 radical (unpaired) electrons. The van der Waals surface area contributed by atoms with Crippen molar-refractivity contribution in [2.45, 2.75) is 245 Å². The standard InChI is InChI=1S/C45H88N2O8Si4/c1-23-24-25-26-27-28-38(48)51-40(37-30-46-32-50-37)41-47-34(31-49-41)35(53-57(17,18)43(6,7)8)29-36(54-58(19,20)44(9,10)11)39(55-59(21,22)45(12,13)14)33(2)52-56(15,16)42(3,4)5/h30-33,35-36,39-40H,23-29H2,1-22H3. The van der Waals surface area contributed by atoms with Crippen molar-refractivity contribution in [3.63, 3.8) is 0 Å². The Morgan fingerprint density at radius 3 is 1.66 bits per heavy atom. The lowest BCUT2D eigenvalue weighted by Crippen LogP contribution is -2.57. The van der Waals surface area contributed by atoms with Gasteiger partial charge in [-0.1, -0.05) is 116 Å². The second-order valence-electron chi connectivity index (χ2n) is 23.0. The summed E-state index contributed by atoms with van der Waals surface area (Å²) in [7, 11) is -9.47. The van der Waals surface area contributed by atoms with Gasteiger partial charge in [-0.2, -0.15) is 0 Å². The third kappa shape index (κ3) is 15.1. The van der Waals surface area contributed by atoms with Crippen molar-refractivity contribution < 1.29 is 36.1 Å². The predicted octanol–water partition coefficient (Wildman–Crippen LogP) is 14.3. The summed E-state index contributed by atoms with van der Waals surface area (Å²) in [5, 5.41) is -0.220. The number of oxazole rings is 2. The quantitative estimate of drug-likeness (QED) is 0.0642. The van der Waals surface area contributed by atoms with Crippen molar-refractivity contribution in [3.05, 3.63) is 36.2 Å². The molecule has 0 aliphatic rings. The Morgan fingerprint density at radius 1 is 0.678 bits per heavy atom. The van der Waals surface area contributed by atoms with Crippen LogP contribution in [0.3, 0.4) is 0 Å². The van der Waals surface area contributed by atoms with Gasteiger partial charge in [0.25, 0.3) is 0 Å². The highest BCUT2D eigenvalue weighted by molar-refractivity contribution is 6.75. The van der Waals surface area contributed by atoms with Crippen LogP contribution in [-0.4, -0.2) is 67.5 Å². The maximum absolute atomic E-state index is 13.2. The summed E-state index contributed by atoms with van der Waals surface area (Å²) < 4.78 is 47.7. The summed E-state index contributed by atoms with van der Waals surface area (Å²) >= 11 is 0. The van der Waals surface area contributed by atoms with E-state index in [4.69, 9.17) is 36.3 Å². The van der Waals surface area contributed by atoms with Gasteiger partial charge in [0.15, 0.2) is 45.4 Å². The van der Waals surface area contributed by atoms with Crippen LogP contribution < -0.4 is 0 Å². The number of hydrogen-bond acceptors (Lipinski definition) is 10. The molecule has 0 amide bonds. The Bertz CT molecular complexity index is 1560. The first kappa shape index (κ1) is 53.7. The van der Waals surface area contributed by atoms with Gasteiger partial charge in [-0.05, 0) is 85.9 Å². The average molecular weight is 898 g/mol. The smallest absolute Gasteiger partial charge is 0.307 e. The van der Waals surface area contributed by atoms with Crippen molar-refractivity contribution in [1.29, 1.82) is 0 Å². The normalized spacial score (nSPS) is 16.8. The zero-order valence-electron chi connectivity index (χ0n) is 41.7. The second kappa shape index (κ2) is 20.4. The fourth-order valence-corrected chi connectivity index (χ4v) is 11.1. The van der Waals surface area contributed by atoms with Crippen molar-refractivity contribution in [2.24, 2.45) is 0 Å². The van der Waals surface area contributed by atoms with Crippen LogP contribution in [0.25, 0.3) is 0 Å². The largest absolute Gasteiger partial charge is 0.445 e. The van der Waals surface area contributed by atoms with Gasteiger partial charge < -0.3 is 31.3 Å². The minimum atomic E-state index is -2.43. The van der Waals surface area contributed by atoms with Crippen molar-refractivity contribution >= 4 is 39.2 Å². The topological polar surface area (TPSA) is 115 Å². The Hall–Kier alpha value is -1.40. The molecule has 59 heavy (non-hydrogen) atoms. The van der Waals surface area contributed by atoms with E-state index >= 15 is 0 Å². The van der Waals surface area contributed by atoms with E-state index in [1.807, 2.05) is 0 Å². The molecule has 0 saturated carbocycles. The van der Waals surface area contributed by atoms with Gasteiger partial charge in [0.1, 0.15) is 12.0 Å². The first-order valence-corrected chi connectivity index (χ1v) is 33.9. The molecule has 0 N–H and O–H groups in total. The van der Waals surface area contributed by atoms with E-state index in [0.29, 0.717) is 24.3 Å². The van der Waals surface area contributed by atoms with Crippen LogP contribution in [0.15, 0.2) is 27.7 Å². The molecule has 0 fully saturated rings. The molecule has 342 valence electrons. The number of aromatic nitrogens is 2. The summed E-state index contributed by atoms with van der Waals surface area (Å²) in [4.78, 5) is 22.4. The van der Waals surface area contributed by atoms with Crippen LogP contribution in [0.1, 0.15) is 171 Å². The fourth-order valence-electron chi connectivity index (χ4n) is 5.69. The average Bonchev–Trinajstić information content (AvgIpc) is 3.76. The summed E-state index contributed by atoms with van der Waals surface area (Å²) in [6.45, 7) is 50.0. The number of esters is 1. The molecule has 2 rings (SSSR count). The molecular formula is C45H88N2O8Si4. The second-order valence-corrected chi connectivity index (χ2v) is 42.0. The molecule has 14 heteroatoms. The van der Waals surface area contributed by atoms with Crippen LogP contribution in [0.5, 0.6) is 0 Å². The molecule has 0 spiro atoms. The van der Waals surface area contributed by atoms with Crippen molar-refractivity contribution in [3.8, 4) is 0 Å². The van der Waals surface area contributed by atoms with Gasteiger partial charge in [0.05, 0.1) is 30.6 Å². The summed E-state index contributed by atoms with van der Waals surface area (Å²) in [5.74, 6) is 0.226. The zero-order valence-corrected chi connectivity index (χ0v) is 45.7. The number of hydrogen-bond donors (Lipinski definition) is 0. The van der Waals surface area contributed by atoms with E-state index in [2.05, 4.69) is 154 Å². The molecule has 2 aromatic heterocycles. The van der Waals surface area contributed by atoms with Crippen LogP contribution in [0.2, 0.25) is 72.5 Å². The Labute approximate surface area is 364 Å². The fraction of sp³-hybridized carbons (Fsp3) is 0.844. The highest BCUT2D eigenvalue weighted by Crippen LogP contribution is 2.46. The van der Waals surface area contributed by atoms with E-state index < -0.39 is 57.7 Å². The van der Waals surface area contributed by atoms with Crippen molar-refractivity contribution in [2.75, 3.05) is 0 Å². The number of ether oxygens (including phenoxy) is 1. The van der Waals surface area contributed by atoms with Gasteiger partial charge in [0.2, 0.25) is 12.0 Å². The van der Waals surface area contributed by atoms with E-state index in [1.54, 1.807) is 12.5 Å². The molecule has 0 aromatic carbocycles. The maximum atomic E-state index is 13.2. The molecule has 10 nitrogen and oxygen atoms in total. The minimum Gasteiger partial charge on any atom is -0.445 e. The number of carbonyl (C=O) groups is 1. The number of nitrogens with zero attached hydrogens (tertiary/aromatic N) is 2. The molecule has 2 heterocycles. The molecule has 0 aliphatic heterocycles. The van der Waals surface area contributed by atoms with Crippen LogP contribution >= 0.6 is 0 Å². The molecule has 5 atom stereocenters. The van der Waals surface area contributed by atoms with Crippen LogP contribution in [0, 0.1) is 0 Å². The van der Waals surface area contributed by atoms with Crippen LogP contribution in [0.4, 0.5) is 0 Å². The Balaban J connectivity index is 2.83. The third-order valence-corrected chi connectivity index (χ3v) is 31.9. The maximum Gasteiger partial charge on any atom is 0.307 e. The first-order chi connectivity index (χ1) is 26.6. The number of rotatable bonds is 22. The highest BCUT2D eigenvalue weighted by Gasteiger charge is 2.50. The summed E-state index contributed by atoms with van der Waals surface area (Å²) in [5.41, 5.74) is 0.609. The molecule has 0 aliphatic carbocycles. The lowest BCUT2D eigenvalue weighted by molar-refractivity contribution is -0.149. The predicted molar refractivity (Wildman–Crippen MR) is 252 cm³/mol. The SMILES string of the molecule is CCCCCCCC(=O)OC(c1cnco1)c1nc(C(CC(O[Si](C)(C)C(C)(C)C)C(O[Si](C)(C)C(C)(C)C)C(C)O[Si](C)(C)C(C)(C)C)O[Si](C)(C)C(C)(C)C)co1. The van der Waals surface area contributed by atoms with E-state index in [9.17, 15) is 4.79 Å². The minimum absolute atomic E-state index is 0.00220. The number of unbranched alkanes of at least 4 members (excludes halogenated alkanes) is 4. The van der Waals surface area contributed by atoms with Gasteiger partial charge >= 0.3 is 5.97 Å². The highest BCUT2D eigenvalue weighted by atomic mass is 28.4. The van der Waals surface area contributed by atoms with Gasteiger partial charge in [-0.3, -0.25) is 4.79 Å². The molecule has 5 unspecified atom stereocenters. The van der Waals surface area contributed by atoms with Crippen LogP contribution in [-0.2, 0) is 27.2 Å². The van der Waals surface area contributed by atoms with E-state index in [0.717, 1.165) is 32.1 Å². The first-order valence-electron chi connectivity index (χ1n) is 22.3. The Kier molecular flexibility index (Phi) is 18.6. The lowest BCUT2D eigenvalue weighted by Gasteiger charge is -2.49. The zero-order chi connectivity index (χ0) is 45.6.